The molecule has 1 amide bonds. The van der Waals surface area contributed by atoms with Gasteiger partial charge in [0.1, 0.15) is 5.82 Å². The smallest absolute Gasteiger partial charge is 0.258 e. The van der Waals surface area contributed by atoms with Gasteiger partial charge >= 0.3 is 0 Å². The van der Waals surface area contributed by atoms with E-state index in [0.29, 0.717) is 11.3 Å². The Morgan fingerprint density at radius 1 is 1.17 bits per heavy atom. The van der Waals surface area contributed by atoms with Gasteiger partial charge in [-0.05, 0) is 33.0 Å². The van der Waals surface area contributed by atoms with Crippen molar-refractivity contribution in [2.75, 3.05) is 43.4 Å². The van der Waals surface area contributed by atoms with E-state index >= 15 is 0 Å². The number of nitrogens with zero attached hydrogens (tertiary/aromatic N) is 5. The van der Waals surface area contributed by atoms with Crippen LogP contribution in [0, 0.1) is 0 Å². The summed E-state index contributed by atoms with van der Waals surface area (Å²) in [5.74, 6) is 0.782. The number of hydrogen-bond donors (Lipinski definition) is 1. The van der Waals surface area contributed by atoms with E-state index in [1.165, 1.54) is 0 Å². The maximum Gasteiger partial charge on any atom is 0.258 e. The van der Waals surface area contributed by atoms with Gasteiger partial charge in [0.25, 0.3) is 5.91 Å². The van der Waals surface area contributed by atoms with Crippen LogP contribution in [0.2, 0.25) is 0 Å². The predicted molar refractivity (Wildman–Crippen MR) is 94.5 cm³/mol. The minimum Gasteiger partial charge on any atom is -0.354 e. The molecule has 0 saturated carbocycles. The zero-order valence-corrected chi connectivity index (χ0v) is 14.4. The molecule has 1 aliphatic rings. The van der Waals surface area contributed by atoms with Crippen LogP contribution in [0.25, 0.3) is 0 Å². The lowest BCUT2D eigenvalue weighted by Gasteiger charge is -2.33. The van der Waals surface area contributed by atoms with Crippen LogP contribution in [0.4, 0.5) is 11.5 Å². The van der Waals surface area contributed by atoms with Crippen molar-refractivity contribution >= 4 is 17.4 Å². The fourth-order valence-corrected chi connectivity index (χ4v) is 2.62. The molecular weight excluding hydrogens is 304 g/mol. The van der Waals surface area contributed by atoms with Crippen LogP contribution in [-0.2, 0) is 0 Å². The van der Waals surface area contributed by atoms with E-state index in [0.717, 1.165) is 32.0 Å². The quantitative estimate of drug-likeness (QED) is 0.928. The first-order valence-electron chi connectivity index (χ1n) is 8.28. The summed E-state index contributed by atoms with van der Waals surface area (Å²) in [6, 6.07) is 4.08. The third kappa shape index (κ3) is 3.73. The van der Waals surface area contributed by atoms with E-state index in [2.05, 4.69) is 32.2 Å². The number of rotatable bonds is 4. The molecule has 1 N–H and O–H groups in total. The van der Waals surface area contributed by atoms with Gasteiger partial charge in [-0.15, -0.1) is 0 Å². The molecule has 0 bridgehead atoms. The molecule has 7 nitrogen and oxygen atoms in total. The third-order valence-electron chi connectivity index (χ3n) is 4.23. The summed E-state index contributed by atoms with van der Waals surface area (Å²) < 4.78 is 1.77. The van der Waals surface area contributed by atoms with E-state index in [-0.39, 0.29) is 11.9 Å². The fraction of sp³-hybridized carbons (Fsp3) is 0.471. The molecule has 0 aromatic carbocycles. The molecule has 1 fully saturated rings. The first-order valence-corrected chi connectivity index (χ1v) is 8.28. The van der Waals surface area contributed by atoms with Crippen LogP contribution in [-0.4, -0.2) is 58.8 Å². The number of carbonyl (C=O) groups excluding carboxylic acids is 1. The zero-order chi connectivity index (χ0) is 17.1. The largest absolute Gasteiger partial charge is 0.354 e. The highest BCUT2D eigenvalue weighted by Gasteiger charge is 2.15. The van der Waals surface area contributed by atoms with Gasteiger partial charge in [0.15, 0.2) is 0 Å². The van der Waals surface area contributed by atoms with Gasteiger partial charge in [-0.1, -0.05) is 0 Å². The number of hydrogen-bond acceptors (Lipinski definition) is 5. The Kier molecular flexibility index (Phi) is 4.80. The number of carbonyl (C=O) groups is 1. The van der Waals surface area contributed by atoms with Crippen LogP contribution >= 0.6 is 0 Å². The van der Waals surface area contributed by atoms with Crippen LogP contribution in [0.15, 0.2) is 30.7 Å². The molecule has 24 heavy (non-hydrogen) atoms. The van der Waals surface area contributed by atoms with E-state index in [4.69, 9.17) is 0 Å². The average molecular weight is 328 g/mol. The van der Waals surface area contributed by atoms with Crippen LogP contribution in [0.5, 0.6) is 0 Å². The van der Waals surface area contributed by atoms with Gasteiger partial charge < -0.3 is 15.1 Å². The predicted octanol–water partition coefficient (Wildman–Crippen LogP) is 1.86. The lowest BCUT2D eigenvalue weighted by molar-refractivity contribution is 0.102. The van der Waals surface area contributed by atoms with Crippen molar-refractivity contribution in [2.24, 2.45) is 0 Å². The van der Waals surface area contributed by atoms with Gasteiger partial charge in [0.2, 0.25) is 0 Å². The van der Waals surface area contributed by atoms with E-state index < -0.39 is 0 Å². The molecular formula is C17H24N6O. The van der Waals surface area contributed by atoms with Crippen molar-refractivity contribution in [3.8, 4) is 0 Å². The summed E-state index contributed by atoms with van der Waals surface area (Å²) in [4.78, 5) is 21.3. The summed E-state index contributed by atoms with van der Waals surface area (Å²) in [5, 5.41) is 7.06. The lowest BCUT2D eigenvalue weighted by Crippen LogP contribution is -2.44. The molecule has 3 heterocycles. The maximum atomic E-state index is 12.3. The molecule has 3 rings (SSSR count). The topological polar surface area (TPSA) is 66.3 Å². The molecule has 2 aromatic rings. The molecule has 128 valence electrons. The standard InChI is InChI=1S/C17H24N6O/c1-13(2)23-12-14(10-19-23)17(24)20-15-4-5-16(18-11-15)22-8-6-21(3)7-9-22/h4-5,10-13H,6-9H2,1-3H3,(H,20,24). The van der Waals surface area contributed by atoms with E-state index in [1.807, 2.05) is 26.0 Å². The normalized spacial score (nSPS) is 15.8. The van der Waals surface area contributed by atoms with Crippen molar-refractivity contribution in [3.05, 3.63) is 36.3 Å². The molecule has 7 heteroatoms. The van der Waals surface area contributed by atoms with Gasteiger partial charge in [-0.3, -0.25) is 9.48 Å². The van der Waals surface area contributed by atoms with Crippen LogP contribution < -0.4 is 10.2 Å². The highest BCUT2D eigenvalue weighted by molar-refractivity contribution is 6.03. The first-order chi connectivity index (χ1) is 11.5. The lowest BCUT2D eigenvalue weighted by atomic mass is 10.3. The minimum atomic E-state index is -0.170. The zero-order valence-electron chi connectivity index (χ0n) is 14.4. The molecule has 0 aliphatic carbocycles. The first kappa shape index (κ1) is 16.4. The molecule has 0 atom stereocenters. The second-order valence-electron chi connectivity index (χ2n) is 6.45. The van der Waals surface area contributed by atoms with Crippen molar-refractivity contribution in [2.45, 2.75) is 19.9 Å². The number of amides is 1. The second-order valence-corrected chi connectivity index (χ2v) is 6.45. The summed E-state index contributed by atoms with van der Waals surface area (Å²) in [6.45, 7) is 8.08. The summed E-state index contributed by atoms with van der Waals surface area (Å²) >= 11 is 0. The van der Waals surface area contributed by atoms with Crippen LogP contribution in [0.1, 0.15) is 30.2 Å². The molecule has 1 aliphatic heterocycles. The summed E-state index contributed by atoms with van der Waals surface area (Å²) in [6.07, 6.45) is 5.05. The van der Waals surface area contributed by atoms with Gasteiger partial charge in [-0.25, -0.2) is 4.98 Å². The Morgan fingerprint density at radius 2 is 1.92 bits per heavy atom. The monoisotopic (exact) mass is 328 g/mol. The Bertz CT molecular complexity index is 685. The Labute approximate surface area is 142 Å². The number of aromatic nitrogens is 3. The highest BCUT2D eigenvalue weighted by atomic mass is 16.1. The van der Waals surface area contributed by atoms with E-state index in [9.17, 15) is 4.79 Å². The number of piperazine rings is 1. The number of likely N-dealkylation sites (N-methyl/N-ethyl adjacent to an activating group) is 1. The molecule has 0 radical (unpaired) electrons. The molecule has 0 spiro atoms. The van der Waals surface area contributed by atoms with Crippen molar-refractivity contribution in [1.82, 2.24) is 19.7 Å². The number of nitrogens with one attached hydrogen (secondary N) is 1. The SMILES string of the molecule is CC(C)n1cc(C(=O)Nc2ccc(N3CCN(C)CC3)nc2)cn1. The fourth-order valence-electron chi connectivity index (χ4n) is 2.62. The summed E-state index contributed by atoms with van der Waals surface area (Å²) in [7, 11) is 2.13. The Morgan fingerprint density at radius 3 is 2.50 bits per heavy atom. The number of pyridine rings is 1. The molecule has 0 unspecified atom stereocenters. The third-order valence-corrected chi connectivity index (χ3v) is 4.23. The van der Waals surface area contributed by atoms with E-state index in [1.54, 1.807) is 23.3 Å². The molecule has 1 saturated heterocycles. The van der Waals surface area contributed by atoms with Crippen molar-refractivity contribution in [3.63, 3.8) is 0 Å². The Hall–Kier alpha value is -2.41. The highest BCUT2D eigenvalue weighted by Crippen LogP contribution is 2.16. The maximum absolute atomic E-state index is 12.3. The number of anilines is 2. The van der Waals surface area contributed by atoms with Crippen molar-refractivity contribution in [1.29, 1.82) is 0 Å². The van der Waals surface area contributed by atoms with Gasteiger partial charge in [-0.2, -0.15) is 5.10 Å². The molecule has 2 aromatic heterocycles. The minimum absolute atomic E-state index is 0.170. The summed E-state index contributed by atoms with van der Waals surface area (Å²) in [5.41, 5.74) is 1.24. The second kappa shape index (κ2) is 7.00. The van der Waals surface area contributed by atoms with Crippen LogP contribution in [0.3, 0.4) is 0 Å². The van der Waals surface area contributed by atoms with Crippen molar-refractivity contribution < 1.29 is 4.79 Å². The Balaban J connectivity index is 1.62. The average Bonchev–Trinajstić information content (AvgIpc) is 3.07. The van der Waals surface area contributed by atoms with Gasteiger partial charge in [0.05, 0.1) is 23.6 Å². The van der Waals surface area contributed by atoms with Gasteiger partial charge in [0, 0.05) is 38.4 Å².